The summed E-state index contributed by atoms with van der Waals surface area (Å²) in [5, 5.41) is 8.92. The number of halogens is 1. The lowest BCUT2D eigenvalue weighted by Crippen LogP contribution is -2.13. The van der Waals surface area contributed by atoms with Gasteiger partial charge in [-0.3, -0.25) is 4.72 Å². The number of hydrogen-bond acceptors (Lipinski definition) is 3. The molecule has 0 radical (unpaired) electrons. The molecule has 2 N–H and O–H groups in total. The largest absolute Gasteiger partial charge is 0.478 e. The fraction of sp³-hybridized carbons (Fsp3) is 0.0714. The fourth-order valence-corrected chi connectivity index (χ4v) is 2.90. The molecule has 0 aliphatic rings. The molecular weight excluding hydrogens is 297 g/mol. The molecule has 0 amide bonds. The summed E-state index contributed by atoms with van der Waals surface area (Å²) < 4.78 is 39.5. The second-order valence-electron chi connectivity index (χ2n) is 4.40. The van der Waals surface area contributed by atoms with Crippen molar-refractivity contribution in [1.82, 2.24) is 0 Å². The number of carboxylic acid groups (broad SMARTS) is 1. The van der Waals surface area contributed by atoms with Crippen LogP contribution < -0.4 is 4.72 Å². The van der Waals surface area contributed by atoms with Crippen LogP contribution in [0.2, 0.25) is 0 Å². The summed E-state index contributed by atoms with van der Waals surface area (Å²) in [6.07, 6.45) is 0. The minimum absolute atomic E-state index is 0.0868. The van der Waals surface area contributed by atoms with Gasteiger partial charge < -0.3 is 5.11 Å². The van der Waals surface area contributed by atoms with E-state index in [2.05, 4.69) is 4.72 Å². The van der Waals surface area contributed by atoms with E-state index in [4.69, 9.17) is 5.11 Å². The Labute approximate surface area is 121 Å². The van der Waals surface area contributed by atoms with Gasteiger partial charge in [0.1, 0.15) is 5.82 Å². The summed E-state index contributed by atoms with van der Waals surface area (Å²) in [5.41, 5.74) is 0.715. The molecule has 0 atom stereocenters. The highest BCUT2D eigenvalue weighted by molar-refractivity contribution is 7.92. The van der Waals surface area contributed by atoms with Crippen molar-refractivity contribution in [2.24, 2.45) is 0 Å². The molecular formula is C14H12FNO4S. The zero-order chi connectivity index (χ0) is 15.6. The number of aromatic carboxylic acids is 1. The maximum Gasteiger partial charge on any atom is 0.335 e. The van der Waals surface area contributed by atoms with Crippen LogP contribution in [-0.4, -0.2) is 19.5 Å². The van der Waals surface area contributed by atoms with Crippen LogP contribution in [0.3, 0.4) is 0 Å². The van der Waals surface area contributed by atoms with Crippen molar-refractivity contribution in [3.05, 3.63) is 59.4 Å². The van der Waals surface area contributed by atoms with E-state index in [1.54, 1.807) is 6.92 Å². The van der Waals surface area contributed by atoms with Gasteiger partial charge in [-0.2, -0.15) is 0 Å². The normalized spacial score (nSPS) is 11.1. The number of sulfonamides is 1. The summed E-state index contributed by atoms with van der Waals surface area (Å²) >= 11 is 0. The average Bonchev–Trinajstić information content (AvgIpc) is 2.37. The van der Waals surface area contributed by atoms with Crippen LogP contribution in [0.1, 0.15) is 15.9 Å². The van der Waals surface area contributed by atoms with Gasteiger partial charge in [0.05, 0.1) is 10.5 Å². The lowest BCUT2D eigenvalue weighted by atomic mass is 10.1. The van der Waals surface area contributed by atoms with Crippen molar-refractivity contribution >= 4 is 21.7 Å². The van der Waals surface area contributed by atoms with Crippen molar-refractivity contribution in [3.63, 3.8) is 0 Å². The van der Waals surface area contributed by atoms with E-state index in [-0.39, 0.29) is 16.1 Å². The van der Waals surface area contributed by atoms with Gasteiger partial charge >= 0.3 is 5.97 Å². The Morgan fingerprint density at radius 1 is 1.19 bits per heavy atom. The number of nitrogens with one attached hydrogen (secondary N) is 1. The topological polar surface area (TPSA) is 83.5 Å². The van der Waals surface area contributed by atoms with E-state index in [9.17, 15) is 17.6 Å². The molecule has 110 valence electrons. The number of rotatable bonds is 4. The molecule has 0 saturated heterocycles. The molecule has 0 spiro atoms. The van der Waals surface area contributed by atoms with Crippen LogP contribution in [-0.2, 0) is 10.0 Å². The van der Waals surface area contributed by atoms with Gasteiger partial charge in [-0.05, 0) is 48.9 Å². The Balaban J connectivity index is 2.33. The molecule has 21 heavy (non-hydrogen) atoms. The first-order valence-electron chi connectivity index (χ1n) is 5.92. The first kappa shape index (κ1) is 15.0. The van der Waals surface area contributed by atoms with Gasteiger partial charge in [0, 0.05) is 5.69 Å². The van der Waals surface area contributed by atoms with Gasteiger partial charge in [0.25, 0.3) is 10.0 Å². The monoisotopic (exact) mass is 309 g/mol. The Morgan fingerprint density at radius 3 is 2.48 bits per heavy atom. The van der Waals surface area contributed by atoms with E-state index in [1.807, 2.05) is 0 Å². The Morgan fingerprint density at radius 2 is 1.90 bits per heavy atom. The van der Waals surface area contributed by atoms with E-state index in [1.165, 1.54) is 30.3 Å². The van der Waals surface area contributed by atoms with Crippen LogP contribution in [0.25, 0.3) is 0 Å². The van der Waals surface area contributed by atoms with Crippen LogP contribution >= 0.6 is 0 Å². The third kappa shape index (κ3) is 3.38. The maximum absolute atomic E-state index is 13.1. The van der Waals surface area contributed by atoms with Gasteiger partial charge in [-0.15, -0.1) is 0 Å². The fourth-order valence-electron chi connectivity index (χ4n) is 1.82. The van der Waals surface area contributed by atoms with E-state index < -0.39 is 21.8 Å². The van der Waals surface area contributed by atoms with Gasteiger partial charge in [-0.25, -0.2) is 17.6 Å². The minimum Gasteiger partial charge on any atom is -0.478 e. The molecule has 0 aliphatic carbocycles. The van der Waals surface area contributed by atoms with E-state index >= 15 is 0 Å². The quantitative estimate of drug-likeness (QED) is 0.909. The third-order valence-electron chi connectivity index (χ3n) is 2.82. The van der Waals surface area contributed by atoms with Gasteiger partial charge in [0.2, 0.25) is 0 Å². The summed E-state index contributed by atoms with van der Waals surface area (Å²) in [7, 11) is -3.92. The molecule has 0 aliphatic heterocycles. The predicted octanol–water partition coefficient (Wildman–Crippen LogP) is 2.63. The number of hydrogen-bond donors (Lipinski definition) is 2. The zero-order valence-corrected chi connectivity index (χ0v) is 11.8. The average molecular weight is 309 g/mol. The van der Waals surface area contributed by atoms with Gasteiger partial charge in [-0.1, -0.05) is 6.07 Å². The molecule has 2 aromatic carbocycles. The summed E-state index contributed by atoms with van der Waals surface area (Å²) in [6.45, 7) is 1.56. The first-order chi connectivity index (χ1) is 9.79. The predicted molar refractivity (Wildman–Crippen MR) is 75.3 cm³/mol. The number of anilines is 1. The van der Waals surface area contributed by atoms with E-state index in [0.29, 0.717) is 5.56 Å². The standard InChI is InChI=1S/C14H12FNO4S/c1-9-7-11(5-6-13(9)14(17)18)16-21(19,20)12-4-2-3-10(15)8-12/h2-8,16H,1H3,(H,17,18). The van der Waals surface area contributed by atoms with Crippen LogP contribution in [0.15, 0.2) is 47.4 Å². The second-order valence-corrected chi connectivity index (χ2v) is 6.08. The summed E-state index contributed by atoms with van der Waals surface area (Å²) in [5.74, 6) is -1.75. The van der Waals surface area contributed by atoms with Crippen LogP contribution in [0.4, 0.5) is 10.1 Å². The van der Waals surface area contributed by atoms with Gasteiger partial charge in [0.15, 0.2) is 0 Å². The smallest absolute Gasteiger partial charge is 0.335 e. The van der Waals surface area contributed by atoms with Crippen LogP contribution in [0.5, 0.6) is 0 Å². The zero-order valence-electron chi connectivity index (χ0n) is 11.0. The highest BCUT2D eigenvalue weighted by Gasteiger charge is 2.16. The van der Waals surface area contributed by atoms with Crippen molar-refractivity contribution in [2.45, 2.75) is 11.8 Å². The Kier molecular flexibility index (Phi) is 3.95. The van der Waals surface area contributed by atoms with Crippen molar-refractivity contribution < 1.29 is 22.7 Å². The van der Waals surface area contributed by atoms with E-state index in [0.717, 1.165) is 12.1 Å². The lowest BCUT2D eigenvalue weighted by molar-refractivity contribution is 0.0696. The number of benzene rings is 2. The number of carboxylic acids is 1. The highest BCUT2D eigenvalue weighted by Crippen LogP contribution is 2.19. The Bertz CT molecular complexity index is 802. The molecule has 0 fully saturated rings. The third-order valence-corrected chi connectivity index (χ3v) is 4.19. The summed E-state index contributed by atoms with van der Waals surface area (Å²) in [6, 6.07) is 8.66. The van der Waals surface area contributed by atoms with Crippen molar-refractivity contribution in [3.8, 4) is 0 Å². The number of aryl methyl sites for hydroxylation is 1. The lowest BCUT2D eigenvalue weighted by Gasteiger charge is -2.10. The molecule has 2 aromatic rings. The molecule has 5 nitrogen and oxygen atoms in total. The molecule has 0 saturated carbocycles. The molecule has 0 aromatic heterocycles. The highest BCUT2D eigenvalue weighted by atomic mass is 32.2. The molecule has 2 rings (SSSR count). The second kappa shape index (κ2) is 5.53. The van der Waals surface area contributed by atoms with Crippen molar-refractivity contribution in [2.75, 3.05) is 4.72 Å². The Hall–Kier alpha value is -2.41. The van der Waals surface area contributed by atoms with Crippen LogP contribution in [0, 0.1) is 12.7 Å². The first-order valence-corrected chi connectivity index (χ1v) is 7.40. The number of carbonyl (C=O) groups is 1. The molecule has 0 heterocycles. The molecule has 7 heteroatoms. The van der Waals surface area contributed by atoms with Crippen molar-refractivity contribution in [1.29, 1.82) is 0 Å². The minimum atomic E-state index is -3.92. The molecule has 0 unspecified atom stereocenters. The SMILES string of the molecule is Cc1cc(NS(=O)(=O)c2cccc(F)c2)ccc1C(=O)O. The summed E-state index contributed by atoms with van der Waals surface area (Å²) in [4.78, 5) is 10.7. The molecule has 0 bridgehead atoms. The maximum atomic E-state index is 13.1.